The molecular formula is C22H21F2NO5. The number of nitrogens with zero attached hydrogens (tertiary/aromatic N) is 1. The van der Waals surface area contributed by atoms with Crippen LogP contribution in [0.25, 0.3) is 0 Å². The number of phenolic OH excluding ortho intramolecular Hbond substituents is 1. The van der Waals surface area contributed by atoms with Gasteiger partial charge in [-0.3, -0.25) is 0 Å². The van der Waals surface area contributed by atoms with Crippen LogP contribution in [0.3, 0.4) is 0 Å². The lowest BCUT2D eigenvalue weighted by atomic mass is 10.2. The summed E-state index contributed by atoms with van der Waals surface area (Å²) in [5.74, 6) is -0.305. The van der Waals surface area contributed by atoms with Crippen molar-refractivity contribution in [3.8, 4) is 40.2 Å². The van der Waals surface area contributed by atoms with Gasteiger partial charge in [0.1, 0.15) is 28.8 Å². The molecule has 0 saturated heterocycles. The van der Waals surface area contributed by atoms with Gasteiger partial charge in [0, 0.05) is 38.4 Å². The number of aromatic hydroxyl groups is 1. The van der Waals surface area contributed by atoms with Crippen molar-refractivity contribution in [2.45, 2.75) is 0 Å². The molecule has 158 valence electrons. The van der Waals surface area contributed by atoms with E-state index in [1.807, 2.05) is 0 Å². The third-order valence-electron chi connectivity index (χ3n) is 4.18. The summed E-state index contributed by atoms with van der Waals surface area (Å²) in [7, 11) is 6.40. The maximum atomic E-state index is 14.1. The summed E-state index contributed by atoms with van der Waals surface area (Å²) in [5, 5.41) is 10.4. The van der Waals surface area contributed by atoms with Gasteiger partial charge in [0.2, 0.25) is 0 Å². The zero-order valence-electron chi connectivity index (χ0n) is 16.9. The molecule has 0 heterocycles. The van der Waals surface area contributed by atoms with E-state index in [9.17, 15) is 13.9 Å². The Balaban J connectivity index is 2.07. The first-order chi connectivity index (χ1) is 14.3. The summed E-state index contributed by atoms with van der Waals surface area (Å²) in [5.41, 5.74) is 0.320. The highest BCUT2D eigenvalue weighted by atomic mass is 19.1. The monoisotopic (exact) mass is 417 g/mol. The third-order valence-corrected chi connectivity index (χ3v) is 4.18. The molecule has 8 heteroatoms. The van der Waals surface area contributed by atoms with Crippen molar-refractivity contribution < 1.29 is 32.8 Å². The molecule has 0 radical (unpaired) electrons. The summed E-state index contributed by atoms with van der Waals surface area (Å²) >= 11 is 0. The predicted molar refractivity (Wildman–Crippen MR) is 108 cm³/mol. The highest BCUT2D eigenvalue weighted by Gasteiger charge is 2.21. The number of halogens is 2. The lowest BCUT2D eigenvalue weighted by Crippen LogP contribution is -2.11. The van der Waals surface area contributed by atoms with Crippen LogP contribution < -0.4 is 23.8 Å². The van der Waals surface area contributed by atoms with Crippen LogP contribution in [-0.4, -0.2) is 33.4 Å². The number of hydrogen-bond acceptors (Lipinski definition) is 6. The fraction of sp³-hybridized carbons (Fsp3) is 0.182. The molecule has 6 nitrogen and oxygen atoms in total. The van der Waals surface area contributed by atoms with Crippen LogP contribution in [0.15, 0.2) is 48.5 Å². The molecule has 0 atom stereocenters. The third kappa shape index (κ3) is 4.48. The molecule has 0 aliphatic rings. The van der Waals surface area contributed by atoms with E-state index in [1.54, 1.807) is 37.2 Å². The molecule has 3 aromatic rings. The minimum absolute atomic E-state index is 0.0598. The number of phenols is 1. The van der Waals surface area contributed by atoms with Crippen molar-refractivity contribution in [2.24, 2.45) is 0 Å². The Morgan fingerprint density at radius 1 is 0.767 bits per heavy atom. The maximum absolute atomic E-state index is 14.1. The summed E-state index contributed by atoms with van der Waals surface area (Å²) in [6, 6.07) is 10.6. The fourth-order valence-corrected chi connectivity index (χ4v) is 2.78. The molecule has 0 saturated carbocycles. The number of benzene rings is 3. The Hall–Kier alpha value is -3.68. The molecular weight excluding hydrogens is 396 g/mol. The van der Waals surface area contributed by atoms with Gasteiger partial charge in [-0.1, -0.05) is 0 Å². The van der Waals surface area contributed by atoms with Crippen LogP contribution in [0.1, 0.15) is 0 Å². The van der Waals surface area contributed by atoms with Crippen molar-refractivity contribution in [1.82, 2.24) is 0 Å². The zero-order chi connectivity index (χ0) is 21.8. The van der Waals surface area contributed by atoms with Gasteiger partial charge < -0.3 is 29.0 Å². The first kappa shape index (κ1) is 21.0. The van der Waals surface area contributed by atoms with Crippen LogP contribution in [0, 0.1) is 11.6 Å². The number of rotatable bonds is 7. The average molecular weight is 417 g/mol. The first-order valence-corrected chi connectivity index (χ1v) is 8.89. The van der Waals surface area contributed by atoms with Crippen LogP contribution in [0.4, 0.5) is 14.5 Å². The van der Waals surface area contributed by atoms with E-state index in [0.29, 0.717) is 22.9 Å². The molecule has 0 unspecified atom stereocenters. The number of anilines is 1. The normalized spacial score (nSPS) is 10.5. The van der Waals surface area contributed by atoms with E-state index in [-0.39, 0.29) is 23.0 Å². The maximum Gasteiger partial charge on any atom is 0.196 e. The fourth-order valence-electron chi connectivity index (χ4n) is 2.78. The largest absolute Gasteiger partial charge is 0.504 e. The molecule has 0 spiro atoms. The lowest BCUT2D eigenvalue weighted by Gasteiger charge is -2.22. The van der Waals surface area contributed by atoms with E-state index in [1.165, 1.54) is 26.4 Å². The summed E-state index contributed by atoms with van der Waals surface area (Å²) in [4.78, 5) is 1.62. The molecule has 0 aliphatic heterocycles. The SMILES string of the molecule is COc1cc(OC)cc(Oc2c(O)ccc(Oc3cc(F)ccc3F)c2N(C)C)c1. The second-order valence-electron chi connectivity index (χ2n) is 6.48. The number of ether oxygens (including phenoxy) is 4. The Labute approximate surface area is 172 Å². The average Bonchev–Trinajstić information content (AvgIpc) is 2.72. The van der Waals surface area contributed by atoms with Crippen LogP contribution in [-0.2, 0) is 0 Å². The molecule has 3 aromatic carbocycles. The molecule has 1 N–H and O–H groups in total. The summed E-state index contributed by atoms with van der Waals surface area (Å²) in [6.45, 7) is 0. The van der Waals surface area contributed by atoms with Crippen molar-refractivity contribution in [2.75, 3.05) is 33.2 Å². The van der Waals surface area contributed by atoms with Crippen LogP contribution >= 0.6 is 0 Å². The number of methoxy groups -OCH3 is 2. The van der Waals surface area contributed by atoms with Crippen molar-refractivity contribution in [3.05, 3.63) is 60.2 Å². The highest BCUT2D eigenvalue weighted by Crippen LogP contribution is 2.47. The lowest BCUT2D eigenvalue weighted by molar-refractivity contribution is 0.379. The standard InChI is InChI=1S/C22H21F2NO5/c1-25(2)21-19(30-20-9-13(23)5-6-17(20)24)8-7-18(26)22(21)29-16-11-14(27-3)10-15(12-16)28-4/h5-12,26H,1-4H3. The van der Waals surface area contributed by atoms with Crippen molar-refractivity contribution >= 4 is 5.69 Å². The van der Waals surface area contributed by atoms with E-state index in [2.05, 4.69) is 0 Å². The van der Waals surface area contributed by atoms with Gasteiger partial charge in [-0.05, 0) is 24.3 Å². The molecule has 30 heavy (non-hydrogen) atoms. The quantitative estimate of drug-likeness (QED) is 0.560. The Morgan fingerprint density at radius 3 is 2.00 bits per heavy atom. The Morgan fingerprint density at radius 2 is 1.40 bits per heavy atom. The Kier molecular flexibility index (Phi) is 6.15. The highest BCUT2D eigenvalue weighted by molar-refractivity contribution is 5.73. The zero-order valence-corrected chi connectivity index (χ0v) is 16.9. The van der Waals surface area contributed by atoms with E-state index in [4.69, 9.17) is 18.9 Å². The van der Waals surface area contributed by atoms with Crippen LogP contribution in [0.2, 0.25) is 0 Å². The van der Waals surface area contributed by atoms with Gasteiger partial charge in [-0.25, -0.2) is 8.78 Å². The second kappa shape index (κ2) is 8.77. The molecule has 0 aromatic heterocycles. The van der Waals surface area contributed by atoms with Gasteiger partial charge in [0.05, 0.1) is 14.2 Å². The van der Waals surface area contributed by atoms with Gasteiger partial charge in [0.15, 0.2) is 28.8 Å². The van der Waals surface area contributed by atoms with Gasteiger partial charge in [0.25, 0.3) is 0 Å². The van der Waals surface area contributed by atoms with Crippen LogP contribution in [0.5, 0.6) is 40.2 Å². The van der Waals surface area contributed by atoms with Crippen molar-refractivity contribution in [3.63, 3.8) is 0 Å². The first-order valence-electron chi connectivity index (χ1n) is 8.89. The van der Waals surface area contributed by atoms with Crippen molar-refractivity contribution in [1.29, 1.82) is 0 Å². The van der Waals surface area contributed by atoms with Gasteiger partial charge in [-0.15, -0.1) is 0 Å². The summed E-state index contributed by atoms with van der Waals surface area (Å²) < 4.78 is 49.6. The minimum atomic E-state index is -0.728. The topological polar surface area (TPSA) is 60.4 Å². The van der Waals surface area contributed by atoms with E-state index >= 15 is 0 Å². The second-order valence-corrected chi connectivity index (χ2v) is 6.48. The van der Waals surface area contributed by atoms with E-state index < -0.39 is 11.6 Å². The smallest absolute Gasteiger partial charge is 0.196 e. The predicted octanol–water partition coefficient (Wildman–Crippen LogP) is 5.34. The molecule has 0 aliphatic carbocycles. The molecule has 0 amide bonds. The number of hydrogen-bond donors (Lipinski definition) is 1. The Bertz CT molecular complexity index is 1030. The van der Waals surface area contributed by atoms with Gasteiger partial charge >= 0.3 is 0 Å². The minimum Gasteiger partial charge on any atom is -0.504 e. The molecule has 3 rings (SSSR count). The molecule has 0 fully saturated rings. The van der Waals surface area contributed by atoms with E-state index in [0.717, 1.165) is 18.2 Å². The molecule has 0 bridgehead atoms. The summed E-state index contributed by atoms with van der Waals surface area (Å²) in [6.07, 6.45) is 0. The van der Waals surface area contributed by atoms with Gasteiger partial charge in [-0.2, -0.15) is 0 Å².